The Bertz CT molecular complexity index is 3850. The SMILES string of the molecule is [2H]c1c([2H])c([2H])c2c(c1[2H])Oc1c([2H])c([2H])c(-c3c([2H])c([2H])c([2H])c(-c4ccc5c(c4)c4ccccc4n5-c4ccccc4)c3[2H])c([2H])c1C21c2c([2H])c([2H])c([2H])c([2H])c2-c2c([2H])c([2H])c([2H])c([2H])c21. The first kappa shape index (κ1) is 15.5. The van der Waals surface area contributed by atoms with Crippen molar-refractivity contribution in [2.75, 3.05) is 0 Å². The topological polar surface area (TPSA) is 14.2 Å². The maximum absolute atomic E-state index is 10.2. The minimum atomic E-state index is -2.77. The number of ether oxygens (including phenoxy) is 1. The van der Waals surface area contributed by atoms with E-state index in [9.17, 15) is 15.1 Å². The first-order valence-corrected chi connectivity index (χ1v) is 16.1. The van der Waals surface area contributed by atoms with Crippen LogP contribution in [0.3, 0.4) is 0 Å². The first-order chi connectivity index (χ1) is 33.2. The Morgan fingerprint density at radius 1 is 0.451 bits per heavy atom. The lowest BCUT2D eigenvalue weighted by atomic mass is 9.66. The van der Waals surface area contributed by atoms with Gasteiger partial charge in [0, 0.05) is 27.6 Å². The minimum Gasteiger partial charge on any atom is -0.457 e. The highest BCUT2D eigenvalue weighted by molar-refractivity contribution is 6.10. The Labute approximate surface area is 323 Å². The van der Waals surface area contributed by atoms with E-state index in [1.165, 1.54) is 0 Å². The molecule has 9 aromatic rings. The molecule has 0 saturated heterocycles. The van der Waals surface area contributed by atoms with Crippen LogP contribution in [0.5, 0.6) is 11.5 Å². The van der Waals surface area contributed by atoms with Gasteiger partial charge in [0.15, 0.2) is 0 Å². The van der Waals surface area contributed by atoms with Crippen molar-refractivity contribution >= 4 is 21.8 Å². The lowest BCUT2D eigenvalue weighted by Crippen LogP contribution is -2.32. The summed E-state index contributed by atoms with van der Waals surface area (Å²) in [5.74, 6) is -1.45. The lowest BCUT2D eigenvalue weighted by Gasteiger charge is -2.39. The molecule has 0 amide bonds. The summed E-state index contributed by atoms with van der Waals surface area (Å²) in [6.07, 6.45) is 0. The Morgan fingerprint density at radius 3 is 1.88 bits per heavy atom. The summed E-state index contributed by atoms with van der Waals surface area (Å²) >= 11 is 0. The Morgan fingerprint density at radius 2 is 1.08 bits per heavy atom. The molecule has 2 nitrogen and oxygen atoms in total. The molecule has 238 valence electrons. The average molecular weight is 669 g/mol. The molecule has 0 atom stereocenters. The van der Waals surface area contributed by atoms with Crippen molar-refractivity contribution in [3.63, 3.8) is 0 Å². The van der Waals surface area contributed by atoms with Gasteiger partial charge < -0.3 is 9.30 Å². The monoisotopic (exact) mass is 668 g/mol. The third kappa shape index (κ3) is 3.93. The van der Waals surface area contributed by atoms with Gasteiger partial charge in [-0.1, -0.05) is 133 Å². The van der Waals surface area contributed by atoms with Gasteiger partial charge in [0.2, 0.25) is 0 Å². The molecule has 0 radical (unpaired) electrons. The minimum absolute atomic E-state index is 0.178. The zero-order chi connectivity index (χ0) is 50.1. The molecular formula is C49H31NO. The van der Waals surface area contributed by atoms with Gasteiger partial charge in [-0.15, -0.1) is 0 Å². The van der Waals surface area contributed by atoms with Crippen LogP contribution >= 0.6 is 0 Å². The van der Waals surface area contributed by atoms with Crippen LogP contribution in [-0.4, -0.2) is 4.57 Å². The van der Waals surface area contributed by atoms with E-state index in [-0.39, 0.29) is 11.1 Å². The highest BCUT2D eigenvalue weighted by Crippen LogP contribution is 2.62. The molecule has 1 spiro atoms. The van der Waals surface area contributed by atoms with Crippen LogP contribution in [0.4, 0.5) is 0 Å². The fourth-order valence-electron chi connectivity index (χ4n) is 7.51. The molecule has 1 aromatic heterocycles. The van der Waals surface area contributed by atoms with E-state index in [4.69, 9.17) is 15.7 Å². The fourth-order valence-corrected chi connectivity index (χ4v) is 7.51. The molecule has 0 unspecified atom stereocenters. The number of hydrogen-bond donors (Lipinski definition) is 0. The normalized spacial score (nSPS) is 18.6. The smallest absolute Gasteiger partial charge is 0.132 e. The maximum atomic E-state index is 10.2. The van der Waals surface area contributed by atoms with Gasteiger partial charge in [0.1, 0.15) is 11.5 Å². The van der Waals surface area contributed by atoms with E-state index in [1.807, 2.05) is 59.2 Å². The van der Waals surface area contributed by atoms with E-state index in [2.05, 4.69) is 0 Å². The summed E-state index contributed by atoms with van der Waals surface area (Å²) in [5, 5.41) is 1.52. The number of hydrogen-bond acceptors (Lipinski definition) is 1. The molecule has 0 saturated carbocycles. The van der Waals surface area contributed by atoms with E-state index in [0.717, 1.165) is 22.1 Å². The van der Waals surface area contributed by atoms with Gasteiger partial charge in [-0.2, -0.15) is 0 Å². The van der Waals surface area contributed by atoms with Crippen molar-refractivity contribution in [2.45, 2.75) is 5.41 Å². The molecule has 11 rings (SSSR count). The number of fused-ring (bicyclic) bond motifs is 12. The molecule has 2 heteroatoms. The van der Waals surface area contributed by atoms with Gasteiger partial charge in [0.05, 0.1) is 42.5 Å². The van der Waals surface area contributed by atoms with Gasteiger partial charge in [-0.25, -0.2) is 0 Å². The second-order valence-electron chi connectivity index (χ2n) is 12.2. The molecular weight excluding hydrogens is 619 g/mol. The number of para-hydroxylation sites is 3. The molecule has 1 aliphatic heterocycles. The summed E-state index contributed by atoms with van der Waals surface area (Å²) in [5.41, 5.74) is -4.81. The quantitative estimate of drug-likeness (QED) is 0.183. The predicted octanol–water partition coefficient (Wildman–Crippen LogP) is 12.6. The number of benzene rings is 8. The Kier molecular flexibility index (Phi) is 3.24. The van der Waals surface area contributed by atoms with E-state index < -0.39 is 176 Å². The molecule has 8 aromatic carbocycles. The maximum Gasteiger partial charge on any atom is 0.132 e. The zero-order valence-electron chi connectivity index (χ0n) is 45.3. The molecule has 51 heavy (non-hydrogen) atoms. The summed E-state index contributed by atoms with van der Waals surface area (Å²) in [7, 11) is 0. The van der Waals surface area contributed by atoms with Crippen LogP contribution in [0.25, 0.3) is 60.9 Å². The third-order valence-corrected chi connectivity index (χ3v) is 9.61. The molecule has 2 heterocycles. The zero-order valence-corrected chi connectivity index (χ0v) is 26.3. The lowest BCUT2D eigenvalue weighted by molar-refractivity contribution is 0.436. The number of aromatic nitrogens is 1. The fraction of sp³-hybridized carbons (Fsp3) is 0.0204. The van der Waals surface area contributed by atoms with Gasteiger partial charge in [0.25, 0.3) is 0 Å². The van der Waals surface area contributed by atoms with Crippen molar-refractivity contribution in [1.29, 1.82) is 0 Å². The van der Waals surface area contributed by atoms with E-state index in [0.29, 0.717) is 5.39 Å². The summed E-state index contributed by atoms with van der Waals surface area (Å²) in [6, 6.07) is 6.91. The van der Waals surface area contributed by atoms with Gasteiger partial charge in [-0.05, 0) is 99.0 Å². The van der Waals surface area contributed by atoms with Crippen LogP contribution < -0.4 is 4.74 Å². The standard InChI is InChI=1S/C49H31NO/c1-2-15-36(16-3-1)50-45-23-10-6-19-39(45)40-30-34(25-27-46(40)50)32-13-12-14-33(29-32)35-26-28-48-44(31-35)49(43-22-9-11-24-47(43)51-48)41-20-7-4-17-37(41)38-18-5-8-21-42(38)49/h1-31H/i4D,5D,7D,8D,9D,11D,12D,13D,14D,17D,18D,20D,21D,22D,24D,26D,28D,29D,31D. The third-order valence-electron chi connectivity index (χ3n) is 9.61. The summed E-state index contributed by atoms with van der Waals surface area (Å²) in [6.45, 7) is 0. The van der Waals surface area contributed by atoms with E-state index in [1.54, 1.807) is 18.2 Å². The van der Waals surface area contributed by atoms with Crippen molar-refractivity contribution in [3.8, 4) is 50.6 Å². The number of rotatable bonds is 3. The van der Waals surface area contributed by atoms with Crippen LogP contribution in [0.1, 0.15) is 48.3 Å². The Hall–Kier alpha value is -6.64. The van der Waals surface area contributed by atoms with Crippen molar-refractivity contribution in [2.24, 2.45) is 0 Å². The van der Waals surface area contributed by atoms with E-state index >= 15 is 0 Å². The van der Waals surface area contributed by atoms with Crippen molar-refractivity contribution in [3.05, 3.63) is 210 Å². The van der Waals surface area contributed by atoms with Crippen LogP contribution in [0.2, 0.25) is 0 Å². The van der Waals surface area contributed by atoms with Crippen molar-refractivity contribution in [1.82, 2.24) is 4.57 Å². The second kappa shape index (κ2) is 10.7. The van der Waals surface area contributed by atoms with Crippen LogP contribution in [0.15, 0.2) is 188 Å². The molecule has 0 bridgehead atoms. The highest BCUT2D eigenvalue weighted by atomic mass is 16.5. The second-order valence-corrected chi connectivity index (χ2v) is 12.2. The molecule has 0 fully saturated rings. The van der Waals surface area contributed by atoms with Crippen molar-refractivity contribution < 1.29 is 30.8 Å². The summed E-state index contributed by atoms with van der Waals surface area (Å²) < 4.78 is 184. The molecule has 2 aliphatic rings. The highest BCUT2D eigenvalue weighted by Gasteiger charge is 2.50. The molecule has 1 aliphatic carbocycles. The Balaban J connectivity index is 1.30. The average Bonchev–Trinajstić information content (AvgIpc) is 3.85. The number of nitrogens with zero attached hydrogens (tertiary/aromatic N) is 1. The van der Waals surface area contributed by atoms with Gasteiger partial charge >= 0.3 is 0 Å². The van der Waals surface area contributed by atoms with Crippen LogP contribution in [-0.2, 0) is 5.41 Å². The summed E-state index contributed by atoms with van der Waals surface area (Å²) in [4.78, 5) is 0. The molecule has 0 N–H and O–H groups in total. The first-order valence-electron chi connectivity index (χ1n) is 25.6. The van der Waals surface area contributed by atoms with Gasteiger partial charge in [-0.3, -0.25) is 0 Å². The predicted molar refractivity (Wildman–Crippen MR) is 209 cm³/mol. The largest absolute Gasteiger partial charge is 0.457 e. The van der Waals surface area contributed by atoms with Crippen LogP contribution in [0, 0.1) is 0 Å².